The van der Waals surface area contributed by atoms with Crippen LogP contribution in [0.5, 0.6) is 0 Å². The maximum absolute atomic E-state index is 12.7. The van der Waals surface area contributed by atoms with Crippen molar-refractivity contribution in [1.29, 1.82) is 0 Å². The molecule has 36 heavy (non-hydrogen) atoms. The van der Waals surface area contributed by atoms with Crippen LogP contribution in [-0.2, 0) is 19.6 Å². The Kier molecular flexibility index (Phi) is 8.51. The van der Waals surface area contributed by atoms with E-state index in [1.807, 2.05) is 27.7 Å². The van der Waals surface area contributed by atoms with Crippen molar-refractivity contribution in [2.24, 2.45) is 0 Å². The average Bonchev–Trinajstić information content (AvgIpc) is 3.47. The SMILES string of the molecule is CC(C)(C)OC(=O)NC1CCCC1.Cc1ccc(S(=O)(=O)n2ccc3nc(NNC=O)cnc32)cc1. The Morgan fingerprint density at radius 2 is 1.81 bits per heavy atom. The lowest BCUT2D eigenvalue weighted by atomic mass is 10.2. The number of hydrogen-bond acceptors (Lipinski definition) is 8. The zero-order chi connectivity index (χ0) is 26.3. The molecule has 0 bridgehead atoms. The second-order valence-electron chi connectivity index (χ2n) is 9.41. The van der Waals surface area contributed by atoms with Crippen molar-refractivity contribution in [2.75, 3.05) is 5.43 Å². The molecule has 0 aliphatic heterocycles. The third kappa shape index (κ3) is 7.17. The van der Waals surface area contributed by atoms with Crippen LogP contribution in [0.1, 0.15) is 52.0 Å². The lowest BCUT2D eigenvalue weighted by Gasteiger charge is -2.21. The van der Waals surface area contributed by atoms with E-state index in [0.717, 1.165) is 22.4 Å². The Hall–Kier alpha value is -3.67. The number of alkyl carbamates (subject to hydrolysis) is 1. The molecule has 0 spiro atoms. The maximum Gasteiger partial charge on any atom is 0.407 e. The van der Waals surface area contributed by atoms with Gasteiger partial charge in [0.25, 0.3) is 10.0 Å². The van der Waals surface area contributed by atoms with Gasteiger partial charge in [0.05, 0.1) is 11.1 Å². The largest absolute Gasteiger partial charge is 0.444 e. The van der Waals surface area contributed by atoms with Crippen LogP contribution in [0.25, 0.3) is 11.2 Å². The number of hydrogen-bond donors (Lipinski definition) is 3. The molecular formula is C24H32N6O5S. The van der Waals surface area contributed by atoms with Crippen molar-refractivity contribution >= 4 is 39.5 Å². The van der Waals surface area contributed by atoms with Crippen LogP contribution in [0.15, 0.2) is 47.6 Å². The average molecular weight is 517 g/mol. The number of benzene rings is 1. The third-order valence-corrected chi connectivity index (χ3v) is 6.95. The molecule has 0 atom stereocenters. The summed E-state index contributed by atoms with van der Waals surface area (Å²) < 4.78 is 31.6. The molecule has 0 saturated heterocycles. The van der Waals surface area contributed by atoms with E-state index in [-0.39, 0.29) is 22.2 Å². The number of carbonyl (C=O) groups is 2. The predicted octanol–water partition coefficient (Wildman–Crippen LogP) is 3.50. The van der Waals surface area contributed by atoms with Crippen molar-refractivity contribution in [1.82, 2.24) is 24.7 Å². The normalized spacial score (nSPS) is 14.0. The van der Waals surface area contributed by atoms with E-state index in [2.05, 4.69) is 26.1 Å². The first-order chi connectivity index (χ1) is 17.0. The van der Waals surface area contributed by atoms with Gasteiger partial charge >= 0.3 is 6.09 Å². The van der Waals surface area contributed by atoms with Crippen molar-refractivity contribution in [3.63, 3.8) is 0 Å². The highest BCUT2D eigenvalue weighted by atomic mass is 32.2. The van der Waals surface area contributed by atoms with Crippen LogP contribution in [0.2, 0.25) is 0 Å². The first kappa shape index (κ1) is 26.9. The number of rotatable bonds is 6. The molecule has 2 aromatic heterocycles. The zero-order valence-corrected chi connectivity index (χ0v) is 21.6. The van der Waals surface area contributed by atoms with Gasteiger partial charge in [-0.1, -0.05) is 30.5 Å². The summed E-state index contributed by atoms with van der Waals surface area (Å²) in [7, 11) is -3.75. The van der Waals surface area contributed by atoms with Crippen LogP contribution < -0.4 is 16.2 Å². The Balaban J connectivity index is 0.000000236. The number of ether oxygens (including phenoxy) is 1. The number of amides is 2. The molecule has 1 aromatic carbocycles. The van der Waals surface area contributed by atoms with Gasteiger partial charge < -0.3 is 10.1 Å². The topological polar surface area (TPSA) is 144 Å². The number of hydrazine groups is 1. The fraction of sp³-hybridized carbons (Fsp3) is 0.417. The molecule has 4 rings (SSSR count). The second kappa shape index (κ2) is 11.4. The number of aromatic nitrogens is 3. The monoisotopic (exact) mass is 516 g/mol. The summed E-state index contributed by atoms with van der Waals surface area (Å²) in [6, 6.07) is 8.45. The van der Waals surface area contributed by atoms with E-state index in [9.17, 15) is 18.0 Å². The van der Waals surface area contributed by atoms with E-state index >= 15 is 0 Å². The summed E-state index contributed by atoms with van der Waals surface area (Å²) in [6.45, 7) is 7.51. The number of carbonyl (C=O) groups excluding carboxylic acids is 2. The van der Waals surface area contributed by atoms with Gasteiger partial charge in [0.15, 0.2) is 11.5 Å². The molecule has 1 aliphatic rings. The fourth-order valence-corrected chi connectivity index (χ4v) is 4.91. The Labute approximate surface area is 210 Å². The smallest absolute Gasteiger partial charge is 0.407 e. The molecule has 11 nitrogen and oxygen atoms in total. The summed E-state index contributed by atoms with van der Waals surface area (Å²) in [6.07, 6.45) is 7.55. The van der Waals surface area contributed by atoms with Gasteiger partial charge in [-0.25, -0.2) is 27.2 Å². The van der Waals surface area contributed by atoms with Crippen LogP contribution in [0.4, 0.5) is 10.6 Å². The molecule has 194 valence electrons. The third-order valence-electron chi connectivity index (χ3n) is 5.27. The zero-order valence-electron chi connectivity index (χ0n) is 20.8. The van der Waals surface area contributed by atoms with E-state index < -0.39 is 10.0 Å². The van der Waals surface area contributed by atoms with Gasteiger partial charge in [0.1, 0.15) is 11.1 Å². The van der Waals surface area contributed by atoms with Crippen molar-refractivity contribution < 1.29 is 22.7 Å². The molecular weight excluding hydrogens is 484 g/mol. The highest BCUT2D eigenvalue weighted by molar-refractivity contribution is 7.90. The number of anilines is 1. The van der Waals surface area contributed by atoms with Crippen molar-refractivity contribution in [3.8, 4) is 0 Å². The molecule has 2 heterocycles. The van der Waals surface area contributed by atoms with Crippen LogP contribution in [-0.4, -0.2) is 46.5 Å². The van der Waals surface area contributed by atoms with Crippen LogP contribution in [0.3, 0.4) is 0 Å². The van der Waals surface area contributed by atoms with Crippen LogP contribution in [0, 0.1) is 6.92 Å². The lowest BCUT2D eigenvalue weighted by molar-refractivity contribution is -0.109. The molecule has 1 fully saturated rings. The van der Waals surface area contributed by atoms with Gasteiger partial charge in [0, 0.05) is 12.2 Å². The molecule has 3 aromatic rings. The molecule has 12 heteroatoms. The summed E-state index contributed by atoms with van der Waals surface area (Å²) in [5.74, 6) is 0.301. The standard InChI is InChI=1S/C14H13N5O3S.C10H19NO2/c1-10-2-4-11(5-3-10)23(21,22)19-7-6-12-14(19)15-8-13(17-12)18-16-9-20;1-10(2,3)13-9(12)11-8-6-4-5-7-8/h2-9H,1H3,(H,16,20)(H,17,18);8H,4-7H2,1-3H3,(H,11,12). The number of fused-ring (bicyclic) bond motifs is 1. The Bertz CT molecular complexity index is 1290. The van der Waals surface area contributed by atoms with Gasteiger partial charge in [-0.05, 0) is 58.7 Å². The Morgan fingerprint density at radius 3 is 2.42 bits per heavy atom. The first-order valence-corrected chi connectivity index (χ1v) is 13.0. The maximum atomic E-state index is 12.7. The molecule has 1 aliphatic carbocycles. The number of aryl methyl sites for hydroxylation is 1. The summed E-state index contributed by atoms with van der Waals surface area (Å²) in [5, 5.41) is 2.87. The highest BCUT2D eigenvalue weighted by Crippen LogP contribution is 2.21. The second-order valence-corrected chi connectivity index (χ2v) is 11.2. The molecule has 0 radical (unpaired) electrons. The lowest BCUT2D eigenvalue weighted by Crippen LogP contribution is -2.37. The number of nitrogens with one attached hydrogen (secondary N) is 3. The summed E-state index contributed by atoms with van der Waals surface area (Å²) >= 11 is 0. The Morgan fingerprint density at radius 1 is 1.14 bits per heavy atom. The van der Waals surface area contributed by atoms with E-state index in [1.54, 1.807) is 30.3 Å². The molecule has 2 amide bonds. The summed E-state index contributed by atoms with van der Waals surface area (Å²) in [4.78, 5) is 30.0. The van der Waals surface area contributed by atoms with E-state index in [4.69, 9.17) is 4.74 Å². The van der Waals surface area contributed by atoms with E-state index in [0.29, 0.717) is 23.8 Å². The van der Waals surface area contributed by atoms with Gasteiger partial charge in [0.2, 0.25) is 6.41 Å². The van der Waals surface area contributed by atoms with Crippen molar-refractivity contribution in [3.05, 3.63) is 48.3 Å². The van der Waals surface area contributed by atoms with Gasteiger partial charge in [-0.15, -0.1) is 0 Å². The van der Waals surface area contributed by atoms with Gasteiger partial charge in [-0.2, -0.15) is 0 Å². The van der Waals surface area contributed by atoms with Gasteiger partial charge in [-0.3, -0.25) is 15.6 Å². The quantitative estimate of drug-likeness (QED) is 0.333. The first-order valence-electron chi connectivity index (χ1n) is 11.6. The highest BCUT2D eigenvalue weighted by Gasteiger charge is 2.22. The van der Waals surface area contributed by atoms with Crippen LogP contribution >= 0.6 is 0 Å². The minimum atomic E-state index is -3.75. The molecule has 1 saturated carbocycles. The summed E-state index contributed by atoms with van der Waals surface area (Å²) in [5.41, 5.74) is 5.94. The molecule has 3 N–H and O–H groups in total. The fourth-order valence-electron chi connectivity index (χ4n) is 3.61. The minimum Gasteiger partial charge on any atom is -0.444 e. The predicted molar refractivity (Wildman–Crippen MR) is 136 cm³/mol. The van der Waals surface area contributed by atoms with Crippen molar-refractivity contribution in [2.45, 2.75) is 69.9 Å². The van der Waals surface area contributed by atoms with E-state index in [1.165, 1.54) is 25.2 Å². The molecule has 0 unspecified atom stereocenters. The minimum absolute atomic E-state index is 0.173. The number of nitrogens with zero attached hydrogens (tertiary/aromatic N) is 3.